The lowest BCUT2D eigenvalue weighted by atomic mass is 10.2. The van der Waals surface area contributed by atoms with Gasteiger partial charge in [-0.15, -0.1) is 0 Å². The Balaban J connectivity index is 2.34. The molecule has 0 bridgehead atoms. The van der Waals surface area contributed by atoms with Crippen molar-refractivity contribution in [1.82, 2.24) is 0 Å². The quantitative estimate of drug-likeness (QED) is 0.816. The van der Waals surface area contributed by atoms with Gasteiger partial charge in [0.25, 0.3) is 0 Å². The van der Waals surface area contributed by atoms with Gasteiger partial charge < -0.3 is 5.73 Å². The number of benzene rings is 2. The number of nitrogens with two attached hydrogens (primary N) is 1. The minimum absolute atomic E-state index is 0.276. The van der Waals surface area contributed by atoms with Crippen molar-refractivity contribution in [3.05, 3.63) is 53.6 Å². The molecule has 0 unspecified atom stereocenters. The van der Waals surface area contributed by atoms with Crippen LogP contribution in [0, 0.1) is 18.6 Å². The van der Waals surface area contributed by atoms with Crippen LogP contribution < -0.4 is 5.73 Å². The van der Waals surface area contributed by atoms with Gasteiger partial charge in [-0.1, -0.05) is 11.8 Å². The van der Waals surface area contributed by atoms with Crippen LogP contribution in [0.4, 0.5) is 14.5 Å². The highest BCUT2D eigenvalue weighted by molar-refractivity contribution is 7.99. The Kier molecular flexibility index (Phi) is 3.33. The molecule has 17 heavy (non-hydrogen) atoms. The van der Waals surface area contributed by atoms with E-state index in [1.54, 1.807) is 18.2 Å². The summed E-state index contributed by atoms with van der Waals surface area (Å²) in [5.74, 6) is -0.866. The second-order valence-corrected chi connectivity index (χ2v) is 4.79. The Labute approximate surface area is 103 Å². The van der Waals surface area contributed by atoms with E-state index in [4.69, 9.17) is 5.73 Å². The third-order valence-corrected chi connectivity index (χ3v) is 3.52. The smallest absolute Gasteiger partial charge is 0.137 e. The van der Waals surface area contributed by atoms with Gasteiger partial charge in [0.1, 0.15) is 11.6 Å². The molecule has 2 aromatic rings. The summed E-state index contributed by atoms with van der Waals surface area (Å²) in [6, 6.07) is 8.78. The van der Waals surface area contributed by atoms with Crippen LogP contribution in [-0.2, 0) is 0 Å². The summed E-state index contributed by atoms with van der Waals surface area (Å²) >= 11 is 1.19. The summed E-state index contributed by atoms with van der Waals surface area (Å²) in [4.78, 5) is 1.14. The highest BCUT2D eigenvalue weighted by Crippen LogP contribution is 2.33. The molecule has 88 valence electrons. The molecule has 0 radical (unpaired) electrons. The van der Waals surface area contributed by atoms with Crippen LogP contribution >= 0.6 is 11.8 Å². The van der Waals surface area contributed by atoms with Crippen LogP contribution in [-0.4, -0.2) is 0 Å². The van der Waals surface area contributed by atoms with Gasteiger partial charge in [-0.05, 0) is 48.9 Å². The number of rotatable bonds is 2. The SMILES string of the molecule is Cc1cc(N)ccc1Sc1cc(F)ccc1F. The van der Waals surface area contributed by atoms with Gasteiger partial charge in [0.2, 0.25) is 0 Å². The fourth-order valence-corrected chi connectivity index (χ4v) is 2.39. The largest absolute Gasteiger partial charge is 0.399 e. The first kappa shape index (κ1) is 11.9. The molecule has 0 spiro atoms. The summed E-state index contributed by atoms with van der Waals surface area (Å²) in [6.45, 7) is 1.88. The van der Waals surface area contributed by atoms with Gasteiger partial charge in [0, 0.05) is 10.6 Å². The maximum Gasteiger partial charge on any atom is 0.137 e. The topological polar surface area (TPSA) is 26.0 Å². The van der Waals surface area contributed by atoms with Crippen LogP contribution in [0.2, 0.25) is 0 Å². The number of nitrogen functional groups attached to an aromatic ring is 1. The first-order chi connectivity index (χ1) is 8.06. The molecule has 2 rings (SSSR count). The van der Waals surface area contributed by atoms with E-state index in [0.29, 0.717) is 5.69 Å². The Morgan fingerprint density at radius 3 is 2.47 bits per heavy atom. The minimum atomic E-state index is -0.443. The molecule has 2 aromatic carbocycles. The lowest BCUT2D eigenvalue weighted by Crippen LogP contribution is -1.88. The Hall–Kier alpha value is -1.55. The van der Waals surface area contributed by atoms with Crippen molar-refractivity contribution < 1.29 is 8.78 Å². The molecule has 1 nitrogen and oxygen atoms in total. The van der Waals surface area contributed by atoms with Crippen LogP contribution in [0.25, 0.3) is 0 Å². The molecule has 0 aromatic heterocycles. The predicted molar refractivity (Wildman–Crippen MR) is 66.1 cm³/mol. The molecule has 0 fully saturated rings. The summed E-state index contributed by atoms with van der Waals surface area (Å²) in [5, 5.41) is 0. The van der Waals surface area contributed by atoms with Crippen LogP contribution in [0.3, 0.4) is 0 Å². The monoisotopic (exact) mass is 251 g/mol. The molecule has 0 saturated heterocycles. The van der Waals surface area contributed by atoms with E-state index < -0.39 is 11.6 Å². The first-order valence-corrected chi connectivity index (χ1v) is 5.87. The Morgan fingerprint density at radius 2 is 1.76 bits per heavy atom. The Bertz CT molecular complexity index is 555. The van der Waals surface area contributed by atoms with E-state index >= 15 is 0 Å². The highest BCUT2D eigenvalue weighted by Gasteiger charge is 2.07. The van der Waals surface area contributed by atoms with E-state index in [2.05, 4.69) is 0 Å². The van der Waals surface area contributed by atoms with Crippen molar-refractivity contribution in [2.24, 2.45) is 0 Å². The van der Waals surface area contributed by atoms with Crippen molar-refractivity contribution in [1.29, 1.82) is 0 Å². The van der Waals surface area contributed by atoms with Crippen molar-refractivity contribution >= 4 is 17.4 Å². The molecule has 0 heterocycles. The zero-order valence-corrected chi connectivity index (χ0v) is 10.0. The van der Waals surface area contributed by atoms with Gasteiger partial charge in [-0.2, -0.15) is 0 Å². The lowest BCUT2D eigenvalue weighted by molar-refractivity contribution is 0.577. The molecule has 0 aliphatic heterocycles. The number of hydrogen-bond donors (Lipinski definition) is 1. The first-order valence-electron chi connectivity index (χ1n) is 5.05. The van der Waals surface area contributed by atoms with Gasteiger partial charge in [-0.3, -0.25) is 0 Å². The summed E-state index contributed by atoms with van der Waals surface area (Å²) < 4.78 is 26.5. The molecule has 0 aliphatic rings. The van der Waals surface area contributed by atoms with Gasteiger partial charge >= 0.3 is 0 Å². The Morgan fingerprint density at radius 1 is 1.00 bits per heavy atom. The van der Waals surface area contributed by atoms with E-state index in [0.717, 1.165) is 22.6 Å². The second kappa shape index (κ2) is 4.75. The van der Waals surface area contributed by atoms with Crippen LogP contribution in [0.5, 0.6) is 0 Å². The normalized spacial score (nSPS) is 10.5. The highest BCUT2D eigenvalue weighted by atomic mass is 32.2. The third-order valence-electron chi connectivity index (χ3n) is 2.31. The van der Waals surface area contributed by atoms with Crippen molar-refractivity contribution in [3.8, 4) is 0 Å². The van der Waals surface area contributed by atoms with E-state index in [1.165, 1.54) is 17.8 Å². The van der Waals surface area contributed by atoms with Crippen molar-refractivity contribution in [3.63, 3.8) is 0 Å². The van der Waals surface area contributed by atoms with E-state index in [1.807, 2.05) is 6.92 Å². The molecule has 0 atom stereocenters. The van der Waals surface area contributed by atoms with E-state index in [-0.39, 0.29) is 4.90 Å². The molecule has 4 heteroatoms. The minimum Gasteiger partial charge on any atom is -0.399 e. The lowest BCUT2D eigenvalue weighted by Gasteiger charge is -2.07. The number of anilines is 1. The maximum absolute atomic E-state index is 13.5. The molecule has 0 aliphatic carbocycles. The fraction of sp³-hybridized carbons (Fsp3) is 0.0769. The van der Waals surface area contributed by atoms with Crippen LogP contribution in [0.1, 0.15) is 5.56 Å². The average molecular weight is 251 g/mol. The molecular formula is C13H11F2NS. The summed E-state index contributed by atoms with van der Waals surface area (Å²) in [5.41, 5.74) is 7.23. The van der Waals surface area contributed by atoms with Gasteiger partial charge in [-0.25, -0.2) is 8.78 Å². The van der Waals surface area contributed by atoms with Gasteiger partial charge in [0.15, 0.2) is 0 Å². The molecular weight excluding hydrogens is 240 g/mol. The predicted octanol–water partition coefficient (Wildman–Crippen LogP) is 4.01. The molecule has 2 N–H and O–H groups in total. The standard InChI is InChI=1S/C13H11F2NS/c1-8-6-10(16)3-5-12(8)17-13-7-9(14)2-4-11(13)15/h2-7H,16H2,1H3. The average Bonchev–Trinajstić information content (AvgIpc) is 2.27. The molecule has 0 saturated carbocycles. The maximum atomic E-state index is 13.5. The van der Waals surface area contributed by atoms with Gasteiger partial charge in [0.05, 0.1) is 4.90 Å². The molecule has 0 amide bonds. The van der Waals surface area contributed by atoms with Crippen molar-refractivity contribution in [2.75, 3.05) is 5.73 Å². The summed E-state index contributed by atoms with van der Waals surface area (Å²) in [6.07, 6.45) is 0. The van der Waals surface area contributed by atoms with Crippen LogP contribution in [0.15, 0.2) is 46.2 Å². The fourth-order valence-electron chi connectivity index (χ4n) is 1.46. The summed E-state index contributed by atoms with van der Waals surface area (Å²) in [7, 11) is 0. The zero-order valence-electron chi connectivity index (χ0n) is 9.21. The van der Waals surface area contributed by atoms with E-state index in [9.17, 15) is 8.78 Å². The number of hydrogen-bond acceptors (Lipinski definition) is 2. The number of aryl methyl sites for hydroxylation is 1. The third kappa shape index (κ3) is 2.77. The zero-order chi connectivity index (χ0) is 12.4. The second-order valence-electron chi connectivity index (χ2n) is 3.70. The van der Waals surface area contributed by atoms with Crippen molar-refractivity contribution in [2.45, 2.75) is 16.7 Å². The number of halogens is 2.